The number of hydrogen-bond donors (Lipinski definition) is 4. The summed E-state index contributed by atoms with van der Waals surface area (Å²) < 4.78 is 5.90. The van der Waals surface area contributed by atoms with Crippen molar-refractivity contribution in [2.45, 2.75) is 37.5 Å². The number of hydrogen-bond acceptors (Lipinski definition) is 5. The molecule has 0 bridgehead atoms. The summed E-state index contributed by atoms with van der Waals surface area (Å²) in [6.07, 6.45) is 1.60. The van der Waals surface area contributed by atoms with Crippen molar-refractivity contribution in [2.75, 3.05) is 39.1 Å². The van der Waals surface area contributed by atoms with Gasteiger partial charge in [-0.3, -0.25) is 4.79 Å². The Bertz CT molecular complexity index is 641. The van der Waals surface area contributed by atoms with Crippen molar-refractivity contribution >= 4 is 29.2 Å². The van der Waals surface area contributed by atoms with Crippen LogP contribution in [0.1, 0.15) is 19.3 Å². The molecule has 1 saturated heterocycles. The van der Waals surface area contributed by atoms with Gasteiger partial charge in [-0.25, -0.2) is 4.79 Å². The minimum atomic E-state index is -0.437. The molecule has 1 heterocycles. The maximum Gasteiger partial charge on any atom is 0.319 e. The van der Waals surface area contributed by atoms with E-state index >= 15 is 0 Å². The smallest absolute Gasteiger partial charge is 0.319 e. The van der Waals surface area contributed by atoms with Gasteiger partial charge in [0.1, 0.15) is 6.10 Å². The normalized spacial score (nSPS) is 22.0. The summed E-state index contributed by atoms with van der Waals surface area (Å²) in [5.41, 5.74) is 0.660. The monoisotopic (exact) mass is 412 g/mol. The highest BCUT2D eigenvalue weighted by molar-refractivity contribution is 6.30. The molecule has 4 N–H and O–H groups in total. The lowest BCUT2D eigenvalue weighted by atomic mass is 9.97. The first-order valence-corrected chi connectivity index (χ1v) is 9.76. The number of benzene rings is 1. The lowest BCUT2D eigenvalue weighted by molar-refractivity contribution is -0.129. The molecule has 0 spiro atoms. The number of nitrogens with zero attached hydrogens (tertiary/aromatic N) is 1. The van der Waals surface area contributed by atoms with Crippen LogP contribution in [-0.2, 0) is 9.53 Å². The van der Waals surface area contributed by atoms with Gasteiger partial charge in [-0.1, -0.05) is 11.6 Å². The first-order chi connectivity index (χ1) is 13.4. The van der Waals surface area contributed by atoms with Crippen LogP contribution >= 0.6 is 11.6 Å². The van der Waals surface area contributed by atoms with Crippen LogP contribution < -0.4 is 16.0 Å². The van der Waals surface area contributed by atoms with Gasteiger partial charge in [0.15, 0.2) is 0 Å². The first-order valence-electron chi connectivity index (χ1n) is 9.38. The summed E-state index contributed by atoms with van der Waals surface area (Å²) in [6, 6.07) is 6.36. The number of anilines is 1. The highest BCUT2D eigenvalue weighted by Crippen LogP contribution is 2.21. The van der Waals surface area contributed by atoms with Crippen LogP contribution in [0.15, 0.2) is 24.3 Å². The van der Waals surface area contributed by atoms with Gasteiger partial charge < -0.3 is 30.7 Å². The van der Waals surface area contributed by atoms with E-state index in [-0.39, 0.29) is 30.7 Å². The molecule has 0 radical (unpaired) electrons. The Balaban J connectivity index is 1.70. The molecule has 9 heteroatoms. The molecule has 0 aliphatic carbocycles. The van der Waals surface area contributed by atoms with Crippen LogP contribution in [0.25, 0.3) is 0 Å². The SMILES string of the molecule is CN(C)CC(=O)N[C@@H]1CC[C@@H](CCNC(=O)Nc2ccc(Cl)cc2)O[C@H]1CO. The second-order valence-electron chi connectivity index (χ2n) is 7.14. The first kappa shape index (κ1) is 22.4. The number of aliphatic hydroxyl groups excluding tert-OH is 1. The van der Waals surface area contributed by atoms with Crippen LogP contribution in [0.5, 0.6) is 0 Å². The van der Waals surface area contributed by atoms with Crippen molar-refractivity contribution in [3.63, 3.8) is 0 Å². The summed E-state index contributed by atoms with van der Waals surface area (Å²) in [4.78, 5) is 25.7. The Morgan fingerprint density at radius 1 is 1.25 bits per heavy atom. The van der Waals surface area contributed by atoms with Crippen LogP contribution in [0.3, 0.4) is 0 Å². The number of halogens is 1. The molecule has 2 rings (SSSR count). The Hall–Kier alpha value is -1.87. The molecular weight excluding hydrogens is 384 g/mol. The van der Waals surface area contributed by atoms with Crippen LogP contribution in [0, 0.1) is 0 Å². The summed E-state index contributed by atoms with van der Waals surface area (Å²) in [5.74, 6) is -0.0870. The molecule has 3 amide bonds. The van der Waals surface area contributed by atoms with Crippen molar-refractivity contribution in [2.24, 2.45) is 0 Å². The zero-order chi connectivity index (χ0) is 20.5. The number of rotatable bonds is 8. The number of amides is 3. The van der Waals surface area contributed by atoms with Crippen LogP contribution in [0.4, 0.5) is 10.5 Å². The fraction of sp³-hybridized carbons (Fsp3) is 0.579. The maximum absolute atomic E-state index is 11.9. The summed E-state index contributed by atoms with van der Waals surface area (Å²) in [5, 5.41) is 18.6. The Morgan fingerprint density at radius 2 is 1.96 bits per heavy atom. The molecule has 1 fully saturated rings. The van der Waals surface area contributed by atoms with Gasteiger partial charge in [0.2, 0.25) is 5.91 Å². The number of carbonyl (C=O) groups excluding carboxylic acids is 2. The van der Waals surface area contributed by atoms with Crippen molar-refractivity contribution in [1.29, 1.82) is 0 Å². The molecule has 3 atom stereocenters. The molecule has 1 aromatic rings. The summed E-state index contributed by atoms with van der Waals surface area (Å²) in [7, 11) is 3.65. The van der Waals surface area contributed by atoms with E-state index in [0.29, 0.717) is 30.2 Å². The quantitative estimate of drug-likeness (QED) is 0.517. The van der Waals surface area contributed by atoms with E-state index in [9.17, 15) is 14.7 Å². The lowest BCUT2D eigenvalue weighted by Crippen LogP contribution is -2.52. The maximum atomic E-state index is 11.9. The van der Waals surface area contributed by atoms with Gasteiger partial charge in [0, 0.05) is 17.3 Å². The number of likely N-dealkylation sites (N-methyl/N-ethyl adjacent to an activating group) is 1. The number of ether oxygens (including phenoxy) is 1. The van der Waals surface area contributed by atoms with E-state index in [1.807, 2.05) is 14.1 Å². The van der Waals surface area contributed by atoms with E-state index in [1.165, 1.54) is 0 Å². The molecular formula is C19H29ClN4O4. The Labute approximate surface area is 170 Å². The third-order valence-corrected chi connectivity index (χ3v) is 4.71. The van der Waals surface area contributed by atoms with Gasteiger partial charge in [0.25, 0.3) is 0 Å². The highest BCUT2D eigenvalue weighted by Gasteiger charge is 2.31. The predicted octanol–water partition coefficient (Wildman–Crippen LogP) is 1.44. The van der Waals surface area contributed by atoms with Crippen molar-refractivity contribution in [3.05, 3.63) is 29.3 Å². The third kappa shape index (κ3) is 7.63. The largest absolute Gasteiger partial charge is 0.394 e. The fourth-order valence-corrected chi connectivity index (χ4v) is 3.23. The Morgan fingerprint density at radius 3 is 2.61 bits per heavy atom. The van der Waals surface area contributed by atoms with E-state index < -0.39 is 6.10 Å². The minimum Gasteiger partial charge on any atom is -0.394 e. The summed E-state index contributed by atoms with van der Waals surface area (Å²) >= 11 is 5.82. The number of aliphatic hydroxyl groups is 1. The second kappa shape index (κ2) is 11.2. The number of urea groups is 1. The van der Waals surface area contributed by atoms with Gasteiger partial charge in [-0.2, -0.15) is 0 Å². The van der Waals surface area contributed by atoms with Gasteiger partial charge in [-0.15, -0.1) is 0 Å². The van der Waals surface area contributed by atoms with Gasteiger partial charge in [-0.05, 0) is 57.6 Å². The molecule has 1 aliphatic heterocycles. The van der Waals surface area contributed by atoms with Crippen molar-refractivity contribution in [1.82, 2.24) is 15.5 Å². The molecule has 0 saturated carbocycles. The Kier molecular flexibility index (Phi) is 8.98. The van der Waals surface area contributed by atoms with Crippen molar-refractivity contribution < 1.29 is 19.4 Å². The minimum absolute atomic E-state index is 0.0741. The summed E-state index contributed by atoms with van der Waals surface area (Å²) in [6.45, 7) is 0.582. The molecule has 0 aromatic heterocycles. The average Bonchev–Trinajstić information content (AvgIpc) is 2.64. The second-order valence-corrected chi connectivity index (χ2v) is 7.58. The van der Waals surface area contributed by atoms with E-state index in [0.717, 1.165) is 12.8 Å². The average molecular weight is 413 g/mol. The zero-order valence-corrected chi connectivity index (χ0v) is 17.0. The van der Waals surface area contributed by atoms with E-state index in [2.05, 4.69) is 16.0 Å². The van der Waals surface area contributed by atoms with Gasteiger partial charge in [0.05, 0.1) is 25.3 Å². The molecule has 8 nitrogen and oxygen atoms in total. The molecule has 1 aromatic carbocycles. The topological polar surface area (TPSA) is 103 Å². The highest BCUT2D eigenvalue weighted by atomic mass is 35.5. The molecule has 28 heavy (non-hydrogen) atoms. The molecule has 0 unspecified atom stereocenters. The predicted molar refractivity (Wildman–Crippen MR) is 109 cm³/mol. The molecule has 1 aliphatic rings. The third-order valence-electron chi connectivity index (χ3n) is 4.46. The van der Waals surface area contributed by atoms with Crippen molar-refractivity contribution in [3.8, 4) is 0 Å². The van der Waals surface area contributed by atoms with E-state index in [1.54, 1.807) is 29.2 Å². The standard InChI is InChI=1S/C19H29ClN4O4/c1-24(2)11-18(26)23-16-8-7-15(28-17(16)12-25)9-10-21-19(27)22-14-5-3-13(20)4-6-14/h3-6,15-17,25H,7-12H2,1-2H3,(H,23,26)(H2,21,22,27)/t15-,16+,17-/m0/s1. The van der Waals surface area contributed by atoms with E-state index in [4.69, 9.17) is 16.3 Å². The number of carbonyl (C=O) groups is 2. The lowest BCUT2D eigenvalue weighted by Gasteiger charge is -2.36. The van der Waals surface area contributed by atoms with Crippen LogP contribution in [-0.4, -0.2) is 74.0 Å². The van der Waals surface area contributed by atoms with Crippen LogP contribution in [0.2, 0.25) is 5.02 Å². The molecule has 156 valence electrons. The van der Waals surface area contributed by atoms with Gasteiger partial charge >= 0.3 is 6.03 Å². The zero-order valence-electron chi connectivity index (χ0n) is 16.3. The fourth-order valence-electron chi connectivity index (χ4n) is 3.10. The number of nitrogens with one attached hydrogen (secondary N) is 3.